The third kappa shape index (κ3) is 2.72. The maximum Gasteiger partial charge on any atom is 0.119 e. The zero-order valence-corrected chi connectivity index (χ0v) is 13.3. The molecule has 1 aromatic carbocycles. The van der Waals surface area contributed by atoms with E-state index in [1.165, 1.54) is 18.4 Å². The maximum atomic E-state index is 5.94. The van der Waals surface area contributed by atoms with Gasteiger partial charge in [-0.15, -0.1) is 0 Å². The molecule has 1 saturated heterocycles. The quantitative estimate of drug-likeness (QED) is 0.913. The first-order chi connectivity index (χ1) is 9.74. The number of morpholine rings is 1. The van der Waals surface area contributed by atoms with E-state index in [1.54, 1.807) is 7.11 Å². The lowest BCUT2D eigenvalue weighted by molar-refractivity contribution is -0.0715. The van der Waals surface area contributed by atoms with Crippen LogP contribution in [0.15, 0.2) is 22.7 Å². The first-order valence-electron chi connectivity index (χ1n) is 7.15. The Bertz CT molecular complexity index is 479. The molecule has 2 unspecified atom stereocenters. The molecule has 0 spiro atoms. The first-order valence-corrected chi connectivity index (χ1v) is 7.94. The number of hydrogen-bond donors (Lipinski definition) is 1. The third-order valence-electron chi connectivity index (χ3n) is 4.16. The lowest BCUT2D eigenvalue weighted by Crippen LogP contribution is -2.49. The van der Waals surface area contributed by atoms with Crippen LogP contribution in [0.25, 0.3) is 0 Å². The van der Waals surface area contributed by atoms with Crippen molar-refractivity contribution in [1.29, 1.82) is 0 Å². The van der Waals surface area contributed by atoms with E-state index in [4.69, 9.17) is 15.2 Å². The molecular weight excluding hydrogens is 320 g/mol. The summed E-state index contributed by atoms with van der Waals surface area (Å²) in [4.78, 5) is 2.56. The highest BCUT2D eigenvalue weighted by molar-refractivity contribution is 9.10. The molecule has 2 atom stereocenters. The Balaban J connectivity index is 1.97. The molecule has 0 radical (unpaired) electrons. The van der Waals surface area contributed by atoms with Gasteiger partial charge in [-0.1, -0.05) is 15.9 Å². The Hall–Kier alpha value is -0.620. The number of hydrogen-bond acceptors (Lipinski definition) is 4. The summed E-state index contributed by atoms with van der Waals surface area (Å²) in [6.07, 6.45) is 2.62. The summed E-state index contributed by atoms with van der Waals surface area (Å²) in [6.45, 7) is 2.30. The fourth-order valence-corrected chi connectivity index (χ4v) is 3.50. The third-order valence-corrected chi connectivity index (χ3v) is 4.88. The molecule has 1 saturated carbocycles. The van der Waals surface area contributed by atoms with Crippen molar-refractivity contribution in [2.75, 3.05) is 26.8 Å². The van der Waals surface area contributed by atoms with Gasteiger partial charge in [0.25, 0.3) is 0 Å². The Morgan fingerprint density at radius 3 is 2.90 bits per heavy atom. The molecule has 0 aromatic heterocycles. The van der Waals surface area contributed by atoms with Crippen molar-refractivity contribution in [3.05, 3.63) is 28.2 Å². The predicted octanol–water partition coefficient (Wildman–Crippen LogP) is 2.32. The molecule has 0 amide bonds. The van der Waals surface area contributed by atoms with Crippen molar-refractivity contribution in [2.45, 2.75) is 31.0 Å². The summed E-state index contributed by atoms with van der Waals surface area (Å²) in [5.41, 5.74) is 7.15. The molecule has 1 heterocycles. The van der Waals surface area contributed by atoms with Crippen LogP contribution in [0.5, 0.6) is 5.75 Å². The van der Waals surface area contributed by atoms with Gasteiger partial charge in [0, 0.05) is 23.6 Å². The summed E-state index contributed by atoms with van der Waals surface area (Å²) in [7, 11) is 1.70. The topological polar surface area (TPSA) is 47.7 Å². The number of nitrogens with two attached hydrogens (primary N) is 1. The number of methoxy groups -OCH3 is 1. The number of ether oxygens (including phenoxy) is 2. The summed E-state index contributed by atoms with van der Waals surface area (Å²) in [5.74, 6) is 0.875. The minimum atomic E-state index is 0.0488. The summed E-state index contributed by atoms with van der Waals surface area (Å²) < 4.78 is 12.4. The zero-order chi connectivity index (χ0) is 14.1. The monoisotopic (exact) mass is 340 g/mol. The SMILES string of the molecule is COc1ccc(Br)c(C2C(CN)OCCN2C2CC2)c1. The summed E-state index contributed by atoms with van der Waals surface area (Å²) in [6, 6.07) is 7.01. The molecule has 1 aromatic rings. The van der Waals surface area contributed by atoms with Crippen LogP contribution in [0, 0.1) is 0 Å². The van der Waals surface area contributed by atoms with Gasteiger partial charge in [-0.05, 0) is 36.6 Å². The van der Waals surface area contributed by atoms with Crippen LogP contribution in [-0.4, -0.2) is 43.9 Å². The zero-order valence-electron chi connectivity index (χ0n) is 11.7. The fraction of sp³-hybridized carbons (Fsp3) is 0.600. The molecule has 1 aliphatic carbocycles. The highest BCUT2D eigenvalue weighted by Crippen LogP contribution is 2.41. The maximum absolute atomic E-state index is 5.94. The number of halogens is 1. The van der Waals surface area contributed by atoms with Crippen LogP contribution < -0.4 is 10.5 Å². The standard InChI is InChI=1S/C15H21BrN2O2/c1-19-11-4-5-13(16)12(8-11)15-14(9-17)20-7-6-18(15)10-2-3-10/h4-5,8,10,14-15H,2-3,6-7,9,17H2,1H3. The second-order valence-electron chi connectivity index (χ2n) is 5.45. The molecule has 1 aliphatic heterocycles. The van der Waals surface area contributed by atoms with Gasteiger partial charge >= 0.3 is 0 Å². The van der Waals surface area contributed by atoms with Crippen molar-refractivity contribution >= 4 is 15.9 Å². The Kier molecular flexibility index (Phi) is 4.31. The second kappa shape index (κ2) is 6.02. The van der Waals surface area contributed by atoms with E-state index in [0.29, 0.717) is 12.6 Å². The van der Waals surface area contributed by atoms with Gasteiger partial charge < -0.3 is 15.2 Å². The normalized spacial score (nSPS) is 27.6. The van der Waals surface area contributed by atoms with Crippen LogP contribution in [0.4, 0.5) is 0 Å². The van der Waals surface area contributed by atoms with Crippen LogP contribution in [-0.2, 0) is 4.74 Å². The van der Waals surface area contributed by atoms with Crippen LogP contribution >= 0.6 is 15.9 Å². The predicted molar refractivity (Wildman–Crippen MR) is 82.0 cm³/mol. The molecule has 110 valence electrons. The second-order valence-corrected chi connectivity index (χ2v) is 6.30. The highest BCUT2D eigenvalue weighted by Gasteiger charge is 2.41. The van der Waals surface area contributed by atoms with Gasteiger partial charge in [-0.2, -0.15) is 0 Å². The number of benzene rings is 1. The fourth-order valence-electron chi connectivity index (χ4n) is 3.02. The highest BCUT2D eigenvalue weighted by atomic mass is 79.9. The molecule has 3 rings (SSSR count). The van der Waals surface area contributed by atoms with Gasteiger partial charge in [-0.3, -0.25) is 4.90 Å². The van der Waals surface area contributed by atoms with Gasteiger partial charge in [0.1, 0.15) is 5.75 Å². The van der Waals surface area contributed by atoms with Crippen molar-refractivity contribution in [3.63, 3.8) is 0 Å². The minimum Gasteiger partial charge on any atom is -0.497 e. The smallest absolute Gasteiger partial charge is 0.119 e. The van der Waals surface area contributed by atoms with Gasteiger partial charge in [0.05, 0.1) is 25.9 Å². The van der Waals surface area contributed by atoms with E-state index in [-0.39, 0.29) is 12.1 Å². The van der Waals surface area contributed by atoms with Gasteiger partial charge in [-0.25, -0.2) is 0 Å². The number of nitrogens with zero attached hydrogens (tertiary/aromatic N) is 1. The van der Waals surface area contributed by atoms with E-state index in [0.717, 1.165) is 23.4 Å². The molecular formula is C15H21BrN2O2. The Morgan fingerprint density at radius 1 is 1.45 bits per heavy atom. The minimum absolute atomic E-state index is 0.0488. The average Bonchev–Trinajstić information content (AvgIpc) is 3.31. The molecule has 4 nitrogen and oxygen atoms in total. The van der Waals surface area contributed by atoms with E-state index in [2.05, 4.69) is 26.9 Å². The van der Waals surface area contributed by atoms with Crippen LogP contribution in [0.1, 0.15) is 24.4 Å². The van der Waals surface area contributed by atoms with E-state index >= 15 is 0 Å². The molecule has 2 fully saturated rings. The van der Waals surface area contributed by atoms with Gasteiger partial charge in [0.15, 0.2) is 0 Å². The lowest BCUT2D eigenvalue weighted by atomic mass is 9.97. The first kappa shape index (κ1) is 14.3. The van der Waals surface area contributed by atoms with E-state index < -0.39 is 0 Å². The van der Waals surface area contributed by atoms with Crippen molar-refractivity contribution in [2.24, 2.45) is 5.73 Å². The largest absolute Gasteiger partial charge is 0.497 e. The molecule has 20 heavy (non-hydrogen) atoms. The number of rotatable bonds is 4. The van der Waals surface area contributed by atoms with Crippen LogP contribution in [0.3, 0.4) is 0 Å². The molecule has 5 heteroatoms. The van der Waals surface area contributed by atoms with E-state index in [1.807, 2.05) is 12.1 Å². The van der Waals surface area contributed by atoms with Gasteiger partial charge in [0.2, 0.25) is 0 Å². The Morgan fingerprint density at radius 2 is 2.25 bits per heavy atom. The molecule has 0 bridgehead atoms. The van der Waals surface area contributed by atoms with Crippen LogP contribution in [0.2, 0.25) is 0 Å². The van der Waals surface area contributed by atoms with Crippen molar-refractivity contribution in [3.8, 4) is 5.75 Å². The van der Waals surface area contributed by atoms with Crippen molar-refractivity contribution in [1.82, 2.24) is 4.90 Å². The van der Waals surface area contributed by atoms with E-state index in [9.17, 15) is 0 Å². The van der Waals surface area contributed by atoms with Crippen molar-refractivity contribution < 1.29 is 9.47 Å². The molecule has 2 N–H and O–H groups in total. The Labute approximate surface area is 128 Å². The average molecular weight is 341 g/mol. The summed E-state index contributed by atoms with van der Waals surface area (Å²) in [5, 5.41) is 0. The molecule has 2 aliphatic rings. The summed E-state index contributed by atoms with van der Waals surface area (Å²) >= 11 is 3.67. The lowest BCUT2D eigenvalue weighted by Gasteiger charge is -2.41.